The van der Waals surface area contributed by atoms with E-state index in [0.29, 0.717) is 6.54 Å². The minimum Gasteiger partial charge on any atom is -0.497 e. The van der Waals surface area contributed by atoms with E-state index in [0.717, 1.165) is 17.1 Å². The lowest BCUT2D eigenvalue weighted by Crippen LogP contribution is -2.18. The Labute approximate surface area is 126 Å². The average molecular weight is 369 g/mol. The van der Waals surface area contributed by atoms with E-state index in [9.17, 15) is 0 Å². The number of rotatable bonds is 5. The first-order valence-corrected chi connectivity index (χ1v) is 7.07. The molecule has 2 rings (SSSR count). The molecule has 0 radical (unpaired) electrons. The van der Waals surface area contributed by atoms with Gasteiger partial charge in [-0.1, -0.05) is 12.1 Å². The number of hydrogen-bond acceptors (Lipinski definition) is 3. The molecule has 0 aliphatic heterocycles. The van der Waals surface area contributed by atoms with Gasteiger partial charge in [0, 0.05) is 10.1 Å². The number of hydrogen-bond donors (Lipinski definition) is 1. The fraction of sp³-hybridized carbons (Fsp3) is 0.200. The highest BCUT2D eigenvalue weighted by Gasteiger charge is 2.11. The van der Waals surface area contributed by atoms with Crippen LogP contribution in [0.5, 0.6) is 11.5 Å². The molecule has 0 heterocycles. The number of ether oxygens (including phenoxy) is 2. The van der Waals surface area contributed by atoms with Gasteiger partial charge in [0.15, 0.2) is 0 Å². The Bertz CT molecular complexity index is 511. The molecular formula is C15H16INO2. The topological polar surface area (TPSA) is 44.5 Å². The summed E-state index contributed by atoms with van der Waals surface area (Å²) in [6, 6.07) is 15.7. The first kappa shape index (κ1) is 14.1. The van der Waals surface area contributed by atoms with E-state index < -0.39 is 0 Å². The minimum atomic E-state index is -0.147. The van der Waals surface area contributed by atoms with Crippen molar-refractivity contribution >= 4 is 22.6 Å². The summed E-state index contributed by atoms with van der Waals surface area (Å²) in [6.45, 7) is 0.429. The standard InChI is InChI=1S/C15H16INO2/c1-18-13-6-2-11(3-7-13)15(10-17)19-14-8-4-12(16)5-9-14/h2-9,15H,10,17H2,1H3. The maximum atomic E-state index is 5.91. The van der Waals surface area contributed by atoms with Crippen LogP contribution in [0, 0.1) is 3.57 Å². The molecule has 19 heavy (non-hydrogen) atoms. The van der Waals surface area contributed by atoms with E-state index in [4.69, 9.17) is 15.2 Å². The Morgan fingerprint density at radius 2 is 1.58 bits per heavy atom. The summed E-state index contributed by atoms with van der Waals surface area (Å²) in [7, 11) is 1.65. The van der Waals surface area contributed by atoms with Crippen LogP contribution in [-0.4, -0.2) is 13.7 Å². The quantitative estimate of drug-likeness (QED) is 0.822. The summed E-state index contributed by atoms with van der Waals surface area (Å²) < 4.78 is 12.2. The van der Waals surface area contributed by atoms with Crippen LogP contribution in [0.1, 0.15) is 11.7 Å². The van der Waals surface area contributed by atoms with E-state index >= 15 is 0 Å². The van der Waals surface area contributed by atoms with Crippen LogP contribution < -0.4 is 15.2 Å². The molecule has 0 amide bonds. The molecule has 0 saturated heterocycles. The number of methoxy groups -OCH3 is 1. The molecular weight excluding hydrogens is 353 g/mol. The molecule has 3 nitrogen and oxygen atoms in total. The lowest BCUT2D eigenvalue weighted by atomic mass is 10.1. The first-order chi connectivity index (χ1) is 9.22. The van der Waals surface area contributed by atoms with Gasteiger partial charge in [0.05, 0.1) is 7.11 Å². The van der Waals surface area contributed by atoms with Gasteiger partial charge in [-0.05, 0) is 64.6 Å². The first-order valence-electron chi connectivity index (χ1n) is 5.99. The predicted molar refractivity (Wildman–Crippen MR) is 84.6 cm³/mol. The zero-order valence-electron chi connectivity index (χ0n) is 10.7. The van der Waals surface area contributed by atoms with Gasteiger partial charge >= 0.3 is 0 Å². The van der Waals surface area contributed by atoms with Gasteiger partial charge in [0.1, 0.15) is 17.6 Å². The number of halogens is 1. The summed E-state index contributed by atoms with van der Waals surface area (Å²) in [6.07, 6.45) is -0.147. The molecule has 2 aromatic carbocycles. The summed E-state index contributed by atoms with van der Waals surface area (Å²) in [5.41, 5.74) is 6.84. The predicted octanol–water partition coefficient (Wildman–Crippen LogP) is 3.38. The van der Waals surface area contributed by atoms with Crippen molar-refractivity contribution in [3.63, 3.8) is 0 Å². The van der Waals surface area contributed by atoms with E-state index in [1.54, 1.807) is 7.11 Å². The Kier molecular flexibility index (Phi) is 5.04. The van der Waals surface area contributed by atoms with Gasteiger partial charge in [-0.3, -0.25) is 0 Å². The van der Waals surface area contributed by atoms with Crippen LogP contribution in [0.3, 0.4) is 0 Å². The van der Waals surface area contributed by atoms with Crippen molar-refractivity contribution in [1.82, 2.24) is 0 Å². The third-order valence-corrected chi connectivity index (χ3v) is 3.51. The van der Waals surface area contributed by atoms with Crippen LogP contribution >= 0.6 is 22.6 Å². The Morgan fingerprint density at radius 3 is 2.11 bits per heavy atom. The smallest absolute Gasteiger partial charge is 0.136 e. The zero-order valence-corrected chi connectivity index (χ0v) is 12.8. The average Bonchev–Trinajstić information content (AvgIpc) is 2.47. The third kappa shape index (κ3) is 3.84. The second-order valence-electron chi connectivity index (χ2n) is 4.07. The van der Waals surface area contributed by atoms with Gasteiger partial charge in [0.25, 0.3) is 0 Å². The van der Waals surface area contributed by atoms with Crippen LogP contribution in [0.15, 0.2) is 48.5 Å². The summed E-state index contributed by atoms with van der Waals surface area (Å²) in [5, 5.41) is 0. The Hall–Kier alpha value is -1.27. The molecule has 0 fully saturated rings. The van der Waals surface area contributed by atoms with Gasteiger partial charge in [0.2, 0.25) is 0 Å². The third-order valence-electron chi connectivity index (χ3n) is 2.79. The minimum absolute atomic E-state index is 0.147. The lowest BCUT2D eigenvalue weighted by Gasteiger charge is -2.18. The van der Waals surface area contributed by atoms with E-state index in [-0.39, 0.29) is 6.10 Å². The van der Waals surface area contributed by atoms with Gasteiger partial charge < -0.3 is 15.2 Å². The summed E-state index contributed by atoms with van der Waals surface area (Å²) in [4.78, 5) is 0. The Morgan fingerprint density at radius 1 is 1.00 bits per heavy atom. The van der Waals surface area contributed by atoms with Crippen LogP contribution in [-0.2, 0) is 0 Å². The molecule has 0 saturated carbocycles. The summed E-state index contributed by atoms with van der Waals surface area (Å²) >= 11 is 2.26. The molecule has 100 valence electrons. The van der Waals surface area contributed by atoms with Crippen molar-refractivity contribution in [3.05, 3.63) is 57.7 Å². The molecule has 1 unspecified atom stereocenters. The van der Waals surface area contributed by atoms with Gasteiger partial charge in [-0.25, -0.2) is 0 Å². The molecule has 0 aliphatic rings. The highest BCUT2D eigenvalue weighted by molar-refractivity contribution is 14.1. The van der Waals surface area contributed by atoms with Crippen molar-refractivity contribution < 1.29 is 9.47 Å². The second-order valence-corrected chi connectivity index (χ2v) is 5.31. The monoisotopic (exact) mass is 369 g/mol. The van der Waals surface area contributed by atoms with Crippen molar-refractivity contribution in [2.75, 3.05) is 13.7 Å². The van der Waals surface area contributed by atoms with Crippen molar-refractivity contribution in [1.29, 1.82) is 0 Å². The van der Waals surface area contributed by atoms with Crippen molar-refractivity contribution in [3.8, 4) is 11.5 Å². The second kappa shape index (κ2) is 6.77. The maximum Gasteiger partial charge on any atom is 0.136 e. The number of benzene rings is 2. The lowest BCUT2D eigenvalue weighted by molar-refractivity contribution is 0.214. The largest absolute Gasteiger partial charge is 0.497 e. The van der Waals surface area contributed by atoms with Crippen molar-refractivity contribution in [2.24, 2.45) is 5.73 Å². The Balaban J connectivity index is 2.12. The van der Waals surface area contributed by atoms with Crippen LogP contribution in [0.25, 0.3) is 0 Å². The molecule has 0 bridgehead atoms. The number of nitrogens with two attached hydrogens (primary N) is 1. The normalized spacial score (nSPS) is 11.9. The molecule has 2 aromatic rings. The van der Waals surface area contributed by atoms with Crippen molar-refractivity contribution in [2.45, 2.75) is 6.10 Å². The van der Waals surface area contributed by atoms with Gasteiger partial charge in [-0.15, -0.1) is 0 Å². The zero-order chi connectivity index (χ0) is 13.7. The highest BCUT2D eigenvalue weighted by atomic mass is 127. The maximum absolute atomic E-state index is 5.91. The van der Waals surface area contributed by atoms with Crippen LogP contribution in [0.4, 0.5) is 0 Å². The van der Waals surface area contributed by atoms with Gasteiger partial charge in [-0.2, -0.15) is 0 Å². The molecule has 0 aliphatic carbocycles. The summed E-state index contributed by atoms with van der Waals surface area (Å²) in [5.74, 6) is 1.65. The van der Waals surface area contributed by atoms with E-state index in [1.165, 1.54) is 3.57 Å². The van der Waals surface area contributed by atoms with Crippen LogP contribution in [0.2, 0.25) is 0 Å². The SMILES string of the molecule is COc1ccc(C(CN)Oc2ccc(I)cc2)cc1. The molecule has 0 aromatic heterocycles. The molecule has 2 N–H and O–H groups in total. The fourth-order valence-corrected chi connectivity index (χ4v) is 2.11. The van der Waals surface area contributed by atoms with E-state index in [2.05, 4.69) is 22.6 Å². The highest BCUT2D eigenvalue weighted by Crippen LogP contribution is 2.23. The molecule has 4 heteroatoms. The molecule has 1 atom stereocenters. The molecule has 0 spiro atoms. The van der Waals surface area contributed by atoms with E-state index in [1.807, 2.05) is 48.5 Å². The fourth-order valence-electron chi connectivity index (χ4n) is 1.75.